The van der Waals surface area contributed by atoms with E-state index in [0.717, 1.165) is 16.4 Å². The molecule has 2 rings (SSSR count). The van der Waals surface area contributed by atoms with Gasteiger partial charge in [-0.05, 0) is 36.4 Å². The largest absolute Gasteiger partial charge is 0.457 e. The van der Waals surface area contributed by atoms with Crippen LogP contribution in [0.3, 0.4) is 0 Å². The van der Waals surface area contributed by atoms with Gasteiger partial charge in [0.25, 0.3) is 0 Å². The molecule has 0 amide bonds. The van der Waals surface area contributed by atoms with Crippen LogP contribution in [0.4, 0.5) is 5.69 Å². The van der Waals surface area contributed by atoms with Crippen molar-refractivity contribution in [2.24, 2.45) is 0 Å². The monoisotopic (exact) mass is 217 g/mol. The highest BCUT2D eigenvalue weighted by atomic mass is 32.1. The molecule has 0 aliphatic rings. The molecular weight excluding hydrogens is 206 g/mol. The molecule has 0 saturated carbocycles. The minimum absolute atomic E-state index is 0.693. The van der Waals surface area contributed by atoms with Gasteiger partial charge in [-0.2, -0.15) is 0 Å². The molecule has 0 saturated heterocycles. The van der Waals surface area contributed by atoms with Gasteiger partial charge in [0.05, 0.1) is 0 Å². The standard InChI is InChI=1S/C12H11NOS/c13-9-2-1-3-11(8-9)14-10-4-6-12(15)7-5-10/h1-8,15H,13H2. The highest BCUT2D eigenvalue weighted by Gasteiger charge is 1.96. The van der Waals surface area contributed by atoms with Crippen LogP contribution >= 0.6 is 12.6 Å². The van der Waals surface area contributed by atoms with Crippen molar-refractivity contribution < 1.29 is 4.74 Å². The Morgan fingerprint density at radius 3 is 2.33 bits per heavy atom. The third kappa shape index (κ3) is 2.67. The number of ether oxygens (including phenoxy) is 1. The van der Waals surface area contributed by atoms with E-state index in [1.54, 1.807) is 6.07 Å². The number of nitrogens with two attached hydrogens (primary N) is 1. The van der Waals surface area contributed by atoms with Gasteiger partial charge in [0.2, 0.25) is 0 Å². The van der Waals surface area contributed by atoms with Crippen LogP contribution in [0.5, 0.6) is 11.5 Å². The molecule has 15 heavy (non-hydrogen) atoms. The Balaban J connectivity index is 2.18. The average molecular weight is 217 g/mol. The molecule has 0 spiro atoms. The van der Waals surface area contributed by atoms with Crippen LogP contribution in [-0.4, -0.2) is 0 Å². The van der Waals surface area contributed by atoms with E-state index in [9.17, 15) is 0 Å². The SMILES string of the molecule is Nc1cccc(Oc2ccc(S)cc2)c1. The highest BCUT2D eigenvalue weighted by Crippen LogP contribution is 2.23. The fraction of sp³-hybridized carbons (Fsp3) is 0. The first-order valence-corrected chi connectivity index (χ1v) is 5.01. The maximum Gasteiger partial charge on any atom is 0.129 e. The number of hydrogen-bond acceptors (Lipinski definition) is 3. The number of anilines is 1. The van der Waals surface area contributed by atoms with Crippen molar-refractivity contribution in [3.63, 3.8) is 0 Å². The molecular formula is C12H11NOS. The Hall–Kier alpha value is -1.61. The van der Waals surface area contributed by atoms with Crippen LogP contribution in [0.15, 0.2) is 53.4 Å². The lowest BCUT2D eigenvalue weighted by molar-refractivity contribution is 0.482. The third-order valence-corrected chi connectivity index (χ3v) is 2.23. The fourth-order valence-electron chi connectivity index (χ4n) is 1.23. The lowest BCUT2D eigenvalue weighted by atomic mass is 10.3. The van der Waals surface area contributed by atoms with E-state index in [1.807, 2.05) is 42.5 Å². The van der Waals surface area contributed by atoms with Crippen molar-refractivity contribution in [2.45, 2.75) is 4.90 Å². The Kier molecular flexibility index (Phi) is 2.83. The second-order valence-electron chi connectivity index (χ2n) is 3.17. The second-order valence-corrected chi connectivity index (χ2v) is 3.68. The van der Waals surface area contributed by atoms with Gasteiger partial charge in [0.15, 0.2) is 0 Å². The summed E-state index contributed by atoms with van der Waals surface area (Å²) in [5.74, 6) is 1.51. The smallest absolute Gasteiger partial charge is 0.129 e. The van der Waals surface area contributed by atoms with Crippen LogP contribution in [0, 0.1) is 0 Å². The third-order valence-electron chi connectivity index (χ3n) is 1.93. The molecule has 2 aromatic carbocycles. The number of benzene rings is 2. The van der Waals surface area contributed by atoms with Crippen LogP contribution in [0.2, 0.25) is 0 Å². The van der Waals surface area contributed by atoms with E-state index in [2.05, 4.69) is 12.6 Å². The Morgan fingerprint density at radius 1 is 0.933 bits per heavy atom. The van der Waals surface area contributed by atoms with Gasteiger partial charge in [-0.3, -0.25) is 0 Å². The number of hydrogen-bond donors (Lipinski definition) is 2. The van der Waals surface area contributed by atoms with Crippen molar-refractivity contribution in [1.29, 1.82) is 0 Å². The van der Waals surface area contributed by atoms with Crippen LogP contribution < -0.4 is 10.5 Å². The first kappa shape index (κ1) is 9.93. The molecule has 3 heteroatoms. The van der Waals surface area contributed by atoms with Gasteiger partial charge in [-0.1, -0.05) is 6.07 Å². The minimum Gasteiger partial charge on any atom is -0.457 e. The van der Waals surface area contributed by atoms with E-state index in [1.165, 1.54) is 0 Å². The molecule has 0 heterocycles. The molecule has 0 unspecified atom stereocenters. The van der Waals surface area contributed by atoms with Crippen molar-refractivity contribution in [3.8, 4) is 11.5 Å². The zero-order chi connectivity index (χ0) is 10.7. The van der Waals surface area contributed by atoms with Gasteiger partial charge in [0.1, 0.15) is 11.5 Å². The molecule has 0 aliphatic carbocycles. The summed E-state index contributed by atoms with van der Waals surface area (Å²) in [7, 11) is 0. The second kappa shape index (κ2) is 4.28. The van der Waals surface area contributed by atoms with Gasteiger partial charge in [-0.15, -0.1) is 12.6 Å². The summed E-state index contributed by atoms with van der Waals surface area (Å²) >= 11 is 4.20. The first-order chi connectivity index (χ1) is 7.24. The number of rotatable bonds is 2. The lowest BCUT2D eigenvalue weighted by Crippen LogP contribution is -1.87. The molecule has 0 aromatic heterocycles. The van der Waals surface area contributed by atoms with Crippen molar-refractivity contribution in [1.82, 2.24) is 0 Å². The van der Waals surface area contributed by atoms with Crippen LogP contribution in [-0.2, 0) is 0 Å². The van der Waals surface area contributed by atoms with Crippen molar-refractivity contribution >= 4 is 18.3 Å². The number of nitrogen functional groups attached to an aromatic ring is 1. The molecule has 0 bridgehead atoms. The maximum absolute atomic E-state index is 5.64. The van der Waals surface area contributed by atoms with Gasteiger partial charge in [-0.25, -0.2) is 0 Å². The highest BCUT2D eigenvalue weighted by molar-refractivity contribution is 7.80. The summed E-state index contributed by atoms with van der Waals surface area (Å²) in [5.41, 5.74) is 6.34. The van der Waals surface area contributed by atoms with E-state index in [4.69, 9.17) is 10.5 Å². The topological polar surface area (TPSA) is 35.2 Å². The minimum atomic E-state index is 0.693. The van der Waals surface area contributed by atoms with Crippen LogP contribution in [0.25, 0.3) is 0 Å². The van der Waals surface area contributed by atoms with E-state index < -0.39 is 0 Å². The average Bonchev–Trinajstić information content (AvgIpc) is 2.22. The molecule has 76 valence electrons. The molecule has 2 nitrogen and oxygen atoms in total. The summed E-state index contributed by atoms with van der Waals surface area (Å²) in [4.78, 5) is 0.912. The summed E-state index contributed by atoms with van der Waals surface area (Å²) < 4.78 is 5.60. The fourth-order valence-corrected chi connectivity index (χ4v) is 1.38. The Morgan fingerprint density at radius 2 is 1.67 bits per heavy atom. The van der Waals surface area contributed by atoms with E-state index in [0.29, 0.717) is 5.69 Å². The predicted octanol–water partition coefficient (Wildman–Crippen LogP) is 3.35. The van der Waals surface area contributed by atoms with Gasteiger partial charge >= 0.3 is 0 Å². The van der Waals surface area contributed by atoms with Gasteiger partial charge < -0.3 is 10.5 Å². The number of thiol groups is 1. The predicted molar refractivity (Wildman–Crippen MR) is 64.6 cm³/mol. The molecule has 0 radical (unpaired) electrons. The van der Waals surface area contributed by atoms with Crippen molar-refractivity contribution in [2.75, 3.05) is 5.73 Å². The molecule has 0 atom stereocenters. The quantitative estimate of drug-likeness (QED) is 0.597. The van der Waals surface area contributed by atoms with E-state index >= 15 is 0 Å². The maximum atomic E-state index is 5.64. The van der Waals surface area contributed by atoms with Crippen molar-refractivity contribution in [3.05, 3.63) is 48.5 Å². The Bertz CT molecular complexity index is 453. The molecule has 2 N–H and O–H groups in total. The zero-order valence-electron chi connectivity index (χ0n) is 8.05. The summed E-state index contributed by atoms with van der Waals surface area (Å²) in [6, 6.07) is 14.8. The normalized spacial score (nSPS) is 9.93. The first-order valence-electron chi connectivity index (χ1n) is 4.56. The Labute approximate surface area is 94.1 Å². The lowest BCUT2D eigenvalue weighted by Gasteiger charge is -2.05. The van der Waals surface area contributed by atoms with Gasteiger partial charge in [0, 0.05) is 16.6 Å². The van der Waals surface area contributed by atoms with Crippen LogP contribution in [0.1, 0.15) is 0 Å². The molecule has 0 aliphatic heterocycles. The summed E-state index contributed by atoms with van der Waals surface area (Å²) in [5, 5.41) is 0. The zero-order valence-corrected chi connectivity index (χ0v) is 8.95. The molecule has 2 aromatic rings. The summed E-state index contributed by atoms with van der Waals surface area (Å²) in [6.45, 7) is 0. The molecule has 0 fully saturated rings. The summed E-state index contributed by atoms with van der Waals surface area (Å²) in [6.07, 6.45) is 0. The van der Waals surface area contributed by atoms with E-state index in [-0.39, 0.29) is 0 Å².